The van der Waals surface area contributed by atoms with Crippen molar-refractivity contribution in [1.82, 2.24) is 0 Å². The van der Waals surface area contributed by atoms with Gasteiger partial charge in [-0.15, -0.1) is 21.0 Å². The van der Waals surface area contributed by atoms with E-state index in [0.717, 1.165) is 11.7 Å². The maximum absolute atomic E-state index is 2.84. The molecule has 0 saturated heterocycles. The minimum atomic E-state index is 0.636. The van der Waals surface area contributed by atoms with E-state index < -0.39 is 0 Å². The fourth-order valence-electron chi connectivity index (χ4n) is 1.56. The molecule has 1 aromatic rings. The number of benzene rings is 1. The lowest BCUT2D eigenvalue weighted by Crippen LogP contribution is -1.99. The highest BCUT2D eigenvalue weighted by atomic mass is 32.2. The molecule has 0 saturated carbocycles. The topological polar surface area (TPSA) is 0 Å². The van der Waals surface area contributed by atoms with Crippen LogP contribution in [0.5, 0.6) is 0 Å². The fraction of sp³-hybridized carbons (Fsp3) is 0.600. The Morgan fingerprint density at radius 3 is 2.06 bits per heavy atom. The quantitative estimate of drug-likeness (QED) is 0.648. The molecule has 1 rings (SSSR count). The smallest absolute Gasteiger partial charge is 0.0193 e. The summed E-state index contributed by atoms with van der Waals surface area (Å²) >= 11 is 1.99. The molecule has 0 fully saturated rings. The summed E-state index contributed by atoms with van der Waals surface area (Å²) in [5, 5.41) is 0. The van der Waals surface area contributed by atoms with Crippen LogP contribution in [0.25, 0.3) is 0 Å². The molecule has 0 N–H and O–H groups in total. The standard InChI is InChI=1S/C13H21PS.C2H6/c1-10(2)8-12-6-4-5-7-13(12)9-15-11(3)14;1-2/h4-7,10-11H,8-9,14H2,1-3H3;1-2H3. The van der Waals surface area contributed by atoms with Crippen LogP contribution < -0.4 is 0 Å². The summed E-state index contributed by atoms with van der Waals surface area (Å²) in [7, 11) is 2.84. The first-order chi connectivity index (χ1) is 8.09. The molecule has 0 aliphatic carbocycles. The van der Waals surface area contributed by atoms with Crippen molar-refractivity contribution < 1.29 is 0 Å². The van der Waals surface area contributed by atoms with Crippen molar-refractivity contribution in [2.45, 2.75) is 51.8 Å². The van der Waals surface area contributed by atoms with Crippen LogP contribution in [0.15, 0.2) is 24.3 Å². The lowest BCUT2D eigenvalue weighted by Gasteiger charge is -2.12. The molecule has 0 nitrogen and oxygen atoms in total. The van der Waals surface area contributed by atoms with E-state index in [1.807, 2.05) is 25.6 Å². The molecular formula is C15H27PS. The normalized spacial score (nSPS) is 11.9. The third-order valence-corrected chi connectivity index (χ3v) is 3.83. The molecule has 0 aromatic heterocycles. The van der Waals surface area contributed by atoms with Crippen LogP contribution in [0.1, 0.15) is 45.7 Å². The van der Waals surface area contributed by atoms with E-state index in [0.29, 0.717) is 4.99 Å². The van der Waals surface area contributed by atoms with Crippen molar-refractivity contribution in [1.29, 1.82) is 0 Å². The molecule has 0 radical (unpaired) electrons. The predicted molar refractivity (Wildman–Crippen MR) is 86.8 cm³/mol. The van der Waals surface area contributed by atoms with Crippen molar-refractivity contribution in [3.05, 3.63) is 35.4 Å². The Labute approximate surface area is 114 Å². The number of hydrogen-bond acceptors (Lipinski definition) is 1. The van der Waals surface area contributed by atoms with E-state index in [-0.39, 0.29) is 0 Å². The van der Waals surface area contributed by atoms with Crippen LogP contribution in [0.3, 0.4) is 0 Å². The van der Waals surface area contributed by atoms with Gasteiger partial charge >= 0.3 is 0 Å². The average molecular weight is 270 g/mol. The number of thioether (sulfide) groups is 1. The Hall–Kier alpha value is -0.0000000000000000555. The molecule has 0 aliphatic rings. The highest BCUT2D eigenvalue weighted by molar-refractivity contribution is 8.02. The van der Waals surface area contributed by atoms with Gasteiger partial charge in [0.15, 0.2) is 0 Å². The summed E-state index contributed by atoms with van der Waals surface area (Å²) in [4.78, 5) is 0.636. The van der Waals surface area contributed by atoms with E-state index in [1.54, 1.807) is 0 Å². The molecular weight excluding hydrogens is 243 g/mol. The maximum Gasteiger partial charge on any atom is 0.0193 e. The Morgan fingerprint density at radius 1 is 1.06 bits per heavy atom. The van der Waals surface area contributed by atoms with Crippen LogP contribution in [0.4, 0.5) is 0 Å². The SMILES string of the molecule is CC.CC(C)Cc1ccccc1CSC(C)P. The maximum atomic E-state index is 2.84. The molecule has 0 amide bonds. The van der Waals surface area contributed by atoms with Gasteiger partial charge in [0, 0.05) is 10.7 Å². The molecule has 98 valence electrons. The summed E-state index contributed by atoms with van der Waals surface area (Å²) in [6.07, 6.45) is 1.20. The van der Waals surface area contributed by atoms with Gasteiger partial charge in [-0.3, -0.25) is 0 Å². The second-order valence-electron chi connectivity index (χ2n) is 4.38. The highest BCUT2D eigenvalue weighted by Crippen LogP contribution is 2.24. The van der Waals surface area contributed by atoms with Gasteiger partial charge in [0.25, 0.3) is 0 Å². The molecule has 2 unspecified atom stereocenters. The molecule has 0 heterocycles. The Balaban J connectivity index is 0.00000121. The lowest BCUT2D eigenvalue weighted by molar-refractivity contribution is 0.644. The Morgan fingerprint density at radius 2 is 1.59 bits per heavy atom. The molecule has 0 bridgehead atoms. The average Bonchev–Trinajstić information content (AvgIpc) is 2.30. The minimum absolute atomic E-state index is 0.636. The van der Waals surface area contributed by atoms with Gasteiger partial charge in [0.1, 0.15) is 0 Å². The molecule has 2 atom stereocenters. The number of hydrogen-bond donors (Lipinski definition) is 0. The molecule has 0 aliphatic heterocycles. The van der Waals surface area contributed by atoms with E-state index in [4.69, 9.17) is 0 Å². The van der Waals surface area contributed by atoms with Crippen molar-refractivity contribution in [2.24, 2.45) is 5.92 Å². The van der Waals surface area contributed by atoms with Crippen LogP contribution in [0.2, 0.25) is 0 Å². The first-order valence-electron chi connectivity index (χ1n) is 6.53. The molecule has 17 heavy (non-hydrogen) atoms. The summed E-state index contributed by atoms with van der Waals surface area (Å²) in [5.41, 5.74) is 3.02. The largest absolute Gasteiger partial charge is 0.150 e. The molecule has 1 aromatic carbocycles. The third kappa shape index (κ3) is 7.84. The highest BCUT2D eigenvalue weighted by Gasteiger charge is 2.05. The van der Waals surface area contributed by atoms with E-state index in [2.05, 4.69) is 54.3 Å². The zero-order valence-corrected chi connectivity index (χ0v) is 13.8. The van der Waals surface area contributed by atoms with Crippen molar-refractivity contribution in [2.75, 3.05) is 0 Å². The first-order valence-corrected chi connectivity index (χ1v) is 8.25. The van der Waals surface area contributed by atoms with Crippen LogP contribution in [-0.4, -0.2) is 4.99 Å². The van der Waals surface area contributed by atoms with Gasteiger partial charge < -0.3 is 0 Å². The number of rotatable bonds is 5. The van der Waals surface area contributed by atoms with E-state index >= 15 is 0 Å². The lowest BCUT2D eigenvalue weighted by atomic mass is 9.99. The monoisotopic (exact) mass is 270 g/mol. The second kappa shape index (κ2) is 9.97. The van der Waals surface area contributed by atoms with Gasteiger partial charge in [-0.25, -0.2) is 0 Å². The van der Waals surface area contributed by atoms with Gasteiger partial charge in [-0.2, -0.15) is 0 Å². The fourth-order valence-corrected chi connectivity index (χ4v) is 2.57. The zero-order chi connectivity index (χ0) is 13.3. The van der Waals surface area contributed by atoms with Crippen LogP contribution in [0, 0.1) is 5.92 Å². The third-order valence-electron chi connectivity index (χ3n) is 2.25. The second-order valence-corrected chi connectivity index (χ2v) is 7.23. The Kier molecular flexibility index (Phi) is 9.97. The minimum Gasteiger partial charge on any atom is -0.150 e. The summed E-state index contributed by atoms with van der Waals surface area (Å²) < 4.78 is 0. The molecule has 0 spiro atoms. The van der Waals surface area contributed by atoms with E-state index in [1.165, 1.54) is 17.5 Å². The van der Waals surface area contributed by atoms with Crippen LogP contribution >= 0.6 is 21.0 Å². The van der Waals surface area contributed by atoms with Crippen molar-refractivity contribution in [3.63, 3.8) is 0 Å². The Bertz CT molecular complexity index is 295. The van der Waals surface area contributed by atoms with E-state index in [9.17, 15) is 0 Å². The van der Waals surface area contributed by atoms with Gasteiger partial charge in [0.2, 0.25) is 0 Å². The van der Waals surface area contributed by atoms with Gasteiger partial charge in [-0.05, 0) is 30.4 Å². The predicted octanol–water partition coefficient (Wildman–Crippen LogP) is 5.37. The summed E-state index contributed by atoms with van der Waals surface area (Å²) in [5.74, 6) is 1.87. The van der Waals surface area contributed by atoms with Gasteiger partial charge in [0.05, 0.1) is 0 Å². The summed E-state index contributed by atoms with van der Waals surface area (Å²) in [6, 6.07) is 8.82. The van der Waals surface area contributed by atoms with Crippen molar-refractivity contribution >= 4 is 21.0 Å². The zero-order valence-electron chi connectivity index (χ0n) is 11.9. The van der Waals surface area contributed by atoms with Crippen molar-refractivity contribution in [3.8, 4) is 0 Å². The summed E-state index contributed by atoms with van der Waals surface area (Å²) in [6.45, 7) is 10.8. The van der Waals surface area contributed by atoms with Crippen LogP contribution in [-0.2, 0) is 12.2 Å². The van der Waals surface area contributed by atoms with Gasteiger partial charge in [-0.1, -0.05) is 52.0 Å². The molecule has 2 heteroatoms. The first kappa shape index (κ1) is 17.0.